The van der Waals surface area contributed by atoms with Crippen LogP contribution in [0.3, 0.4) is 0 Å². The largest absolute Gasteiger partial charge is 0.458 e. The molecule has 1 N–H and O–H groups in total. The monoisotopic (exact) mass is 190 g/mol. The minimum Gasteiger partial charge on any atom is -0.458 e. The Balaban J connectivity index is 2.69. The molecule has 0 fully saturated rings. The lowest BCUT2D eigenvalue weighted by atomic mass is 10.1. The van der Waals surface area contributed by atoms with Gasteiger partial charge in [0.1, 0.15) is 16.9 Å². The van der Waals surface area contributed by atoms with E-state index in [1.807, 2.05) is 31.2 Å². The average molecular weight is 190 g/mol. The Morgan fingerprint density at radius 1 is 1.29 bits per heavy atom. The summed E-state index contributed by atoms with van der Waals surface area (Å²) in [6, 6.07) is 7.81. The molecule has 0 aliphatic rings. The molecule has 1 heterocycles. The molecule has 74 valence electrons. The van der Waals surface area contributed by atoms with Gasteiger partial charge in [-0.15, -0.1) is 0 Å². The van der Waals surface area contributed by atoms with Crippen molar-refractivity contribution >= 4 is 11.0 Å². The van der Waals surface area contributed by atoms with Crippen LogP contribution >= 0.6 is 0 Å². The van der Waals surface area contributed by atoms with Gasteiger partial charge in [-0.25, -0.2) is 0 Å². The first-order chi connectivity index (χ1) is 6.48. The molecule has 0 atom stereocenters. The first-order valence-corrected chi connectivity index (χ1v) is 4.70. The lowest BCUT2D eigenvalue weighted by Crippen LogP contribution is -2.13. The van der Waals surface area contributed by atoms with Crippen molar-refractivity contribution in [1.29, 1.82) is 0 Å². The van der Waals surface area contributed by atoms with Gasteiger partial charge in [0.05, 0.1) is 0 Å². The van der Waals surface area contributed by atoms with Gasteiger partial charge in [-0.2, -0.15) is 0 Å². The highest BCUT2D eigenvalue weighted by Crippen LogP contribution is 2.28. The molecule has 2 heteroatoms. The van der Waals surface area contributed by atoms with Crippen molar-refractivity contribution in [3.63, 3.8) is 0 Å². The molecule has 0 bridgehead atoms. The standard InChI is InChI=1S/C12H14O2/c1-8-5-4-6-10-9(8)7-11(14-10)12(2,3)13/h4-7,13H,1-3H3. The van der Waals surface area contributed by atoms with Crippen LogP contribution in [0.5, 0.6) is 0 Å². The van der Waals surface area contributed by atoms with E-state index >= 15 is 0 Å². The van der Waals surface area contributed by atoms with E-state index in [9.17, 15) is 5.11 Å². The zero-order valence-electron chi connectivity index (χ0n) is 8.66. The van der Waals surface area contributed by atoms with Crippen molar-refractivity contribution in [2.24, 2.45) is 0 Å². The van der Waals surface area contributed by atoms with Gasteiger partial charge < -0.3 is 9.52 Å². The van der Waals surface area contributed by atoms with Crippen LogP contribution in [0.15, 0.2) is 28.7 Å². The maximum atomic E-state index is 9.79. The molecule has 2 nitrogen and oxygen atoms in total. The Morgan fingerprint density at radius 2 is 2.00 bits per heavy atom. The summed E-state index contributed by atoms with van der Waals surface area (Å²) >= 11 is 0. The lowest BCUT2D eigenvalue weighted by Gasteiger charge is -2.12. The van der Waals surface area contributed by atoms with Crippen LogP contribution in [0.25, 0.3) is 11.0 Å². The number of aliphatic hydroxyl groups is 1. The fraction of sp³-hybridized carbons (Fsp3) is 0.333. The van der Waals surface area contributed by atoms with Crippen LogP contribution in [0.2, 0.25) is 0 Å². The Labute approximate surface area is 83.2 Å². The summed E-state index contributed by atoms with van der Waals surface area (Å²) < 4.78 is 5.56. The minimum atomic E-state index is -0.911. The zero-order chi connectivity index (χ0) is 10.3. The Bertz CT molecular complexity index is 461. The summed E-state index contributed by atoms with van der Waals surface area (Å²) in [5.41, 5.74) is 1.09. The van der Waals surface area contributed by atoms with Crippen molar-refractivity contribution < 1.29 is 9.52 Å². The number of hydrogen-bond acceptors (Lipinski definition) is 2. The van der Waals surface area contributed by atoms with Gasteiger partial charge in [0.2, 0.25) is 0 Å². The second kappa shape index (κ2) is 2.85. The maximum absolute atomic E-state index is 9.79. The van der Waals surface area contributed by atoms with E-state index in [0.717, 1.165) is 11.0 Å². The Morgan fingerprint density at radius 3 is 2.57 bits per heavy atom. The predicted molar refractivity (Wildman–Crippen MR) is 56.2 cm³/mol. The fourth-order valence-electron chi connectivity index (χ4n) is 1.51. The molecule has 0 spiro atoms. The number of furan rings is 1. The molecule has 14 heavy (non-hydrogen) atoms. The third kappa shape index (κ3) is 1.42. The predicted octanol–water partition coefficient (Wildman–Crippen LogP) is 2.97. The summed E-state index contributed by atoms with van der Waals surface area (Å²) in [6.07, 6.45) is 0. The average Bonchev–Trinajstić information content (AvgIpc) is 2.48. The first-order valence-electron chi connectivity index (χ1n) is 4.70. The first kappa shape index (κ1) is 9.28. The molecule has 0 saturated heterocycles. The SMILES string of the molecule is Cc1cccc2oc(C(C)(C)O)cc12. The summed E-state index contributed by atoms with van der Waals surface area (Å²) in [4.78, 5) is 0. The molecule has 2 rings (SSSR count). The summed E-state index contributed by atoms with van der Waals surface area (Å²) in [6.45, 7) is 5.48. The van der Waals surface area contributed by atoms with E-state index in [1.54, 1.807) is 13.8 Å². The molecule has 0 aliphatic heterocycles. The third-order valence-corrected chi connectivity index (χ3v) is 2.38. The van der Waals surface area contributed by atoms with Crippen LogP contribution in [0.1, 0.15) is 25.2 Å². The van der Waals surface area contributed by atoms with Crippen molar-refractivity contribution in [1.82, 2.24) is 0 Å². The molecule has 0 aliphatic carbocycles. The number of hydrogen-bond donors (Lipinski definition) is 1. The van der Waals surface area contributed by atoms with E-state index in [1.165, 1.54) is 5.56 Å². The van der Waals surface area contributed by atoms with Crippen LogP contribution in [0.4, 0.5) is 0 Å². The van der Waals surface area contributed by atoms with Gasteiger partial charge in [-0.05, 0) is 38.5 Å². The van der Waals surface area contributed by atoms with Gasteiger partial charge in [0, 0.05) is 5.39 Å². The maximum Gasteiger partial charge on any atom is 0.136 e. The second-order valence-electron chi connectivity index (χ2n) is 4.16. The minimum absolute atomic E-state index is 0.613. The van der Waals surface area contributed by atoms with E-state index < -0.39 is 5.60 Å². The summed E-state index contributed by atoms with van der Waals surface area (Å²) in [7, 11) is 0. The van der Waals surface area contributed by atoms with E-state index in [0.29, 0.717) is 5.76 Å². The van der Waals surface area contributed by atoms with Crippen molar-refractivity contribution in [2.45, 2.75) is 26.4 Å². The number of benzene rings is 1. The van der Waals surface area contributed by atoms with Crippen LogP contribution in [0, 0.1) is 6.92 Å². The quantitative estimate of drug-likeness (QED) is 0.750. The molecule has 0 amide bonds. The third-order valence-electron chi connectivity index (χ3n) is 2.38. The van der Waals surface area contributed by atoms with E-state index in [4.69, 9.17) is 4.42 Å². The van der Waals surface area contributed by atoms with Gasteiger partial charge in [0.15, 0.2) is 0 Å². The molecule has 1 aromatic carbocycles. The molecule has 1 aromatic heterocycles. The molecular weight excluding hydrogens is 176 g/mol. The number of fused-ring (bicyclic) bond motifs is 1. The smallest absolute Gasteiger partial charge is 0.136 e. The zero-order valence-corrected chi connectivity index (χ0v) is 8.66. The van der Waals surface area contributed by atoms with Crippen molar-refractivity contribution in [3.8, 4) is 0 Å². The van der Waals surface area contributed by atoms with Gasteiger partial charge >= 0.3 is 0 Å². The van der Waals surface area contributed by atoms with E-state index in [-0.39, 0.29) is 0 Å². The number of aryl methyl sites for hydroxylation is 1. The summed E-state index contributed by atoms with van der Waals surface area (Å²) in [5.74, 6) is 0.613. The molecule has 0 saturated carbocycles. The molecule has 0 unspecified atom stereocenters. The Hall–Kier alpha value is -1.28. The highest BCUT2D eigenvalue weighted by atomic mass is 16.4. The van der Waals surface area contributed by atoms with Crippen LogP contribution in [-0.2, 0) is 5.60 Å². The molecular formula is C12H14O2. The van der Waals surface area contributed by atoms with Crippen LogP contribution < -0.4 is 0 Å². The van der Waals surface area contributed by atoms with Gasteiger partial charge in [-0.1, -0.05) is 12.1 Å². The lowest BCUT2D eigenvalue weighted by molar-refractivity contribution is 0.0559. The highest BCUT2D eigenvalue weighted by Gasteiger charge is 2.21. The molecule has 2 aromatic rings. The van der Waals surface area contributed by atoms with Gasteiger partial charge in [-0.3, -0.25) is 0 Å². The van der Waals surface area contributed by atoms with Crippen LogP contribution in [-0.4, -0.2) is 5.11 Å². The van der Waals surface area contributed by atoms with E-state index in [2.05, 4.69) is 0 Å². The topological polar surface area (TPSA) is 33.4 Å². The van der Waals surface area contributed by atoms with Crippen molar-refractivity contribution in [3.05, 3.63) is 35.6 Å². The van der Waals surface area contributed by atoms with Crippen molar-refractivity contribution in [2.75, 3.05) is 0 Å². The van der Waals surface area contributed by atoms with Gasteiger partial charge in [0.25, 0.3) is 0 Å². The fourth-order valence-corrected chi connectivity index (χ4v) is 1.51. The highest BCUT2D eigenvalue weighted by molar-refractivity contribution is 5.81. The second-order valence-corrected chi connectivity index (χ2v) is 4.16. The Kier molecular flexibility index (Phi) is 1.89. The number of rotatable bonds is 1. The summed E-state index contributed by atoms with van der Waals surface area (Å²) in [5, 5.41) is 10.9. The molecule has 0 radical (unpaired) electrons. The normalized spacial score (nSPS) is 12.3.